The van der Waals surface area contributed by atoms with Crippen molar-refractivity contribution in [2.75, 3.05) is 13.7 Å². The second-order valence-electron chi connectivity index (χ2n) is 1.79. The van der Waals surface area contributed by atoms with Crippen molar-refractivity contribution in [3.05, 3.63) is 0 Å². The summed E-state index contributed by atoms with van der Waals surface area (Å²) in [6.45, 7) is 1.80. The third kappa shape index (κ3) is 2.26. The molecule has 0 radical (unpaired) electrons. The van der Waals surface area contributed by atoms with E-state index in [-0.39, 0.29) is 18.8 Å². The average molecular weight is 119 g/mol. The lowest BCUT2D eigenvalue weighted by Gasteiger charge is -2.14. The highest BCUT2D eigenvalue weighted by Gasteiger charge is 2.08. The molecule has 0 aromatic rings. The number of rotatable bonds is 3. The van der Waals surface area contributed by atoms with Gasteiger partial charge in [0.2, 0.25) is 0 Å². The molecule has 0 aliphatic rings. The molecule has 0 rings (SSSR count). The van der Waals surface area contributed by atoms with E-state index in [0.717, 1.165) is 0 Å². The Morgan fingerprint density at radius 2 is 2.25 bits per heavy atom. The molecule has 0 fully saturated rings. The number of ether oxygens (including phenoxy) is 1. The van der Waals surface area contributed by atoms with Gasteiger partial charge in [-0.2, -0.15) is 0 Å². The maximum atomic E-state index is 8.43. The summed E-state index contributed by atoms with van der Waals surface area (Å²) in [5, 5.41) is 8.43. The van der Waals surface area contributed by atoms with Crippen molar-refractivity contribution in [3.63, 3.8) is 0 Å². The third-order valence-electron chi connectivity index (χ3n) is 1.19. The molecule has 0 bridgehead atoms. The molecular formula is C5H13NO2. The number of nitrogens with two attached hydrogens (primary N) is 1. The molecule has 2 unspecified atom stereocenters. The summed E-state index contributed by atoms with van der Waals surface area (Å²) in [5.41, 5.74) is 5.35. The number of aliphatic hydroxyl groups is 1. The van der Waals surface area contributed by atoms with Gasteiger partial charge < -0.3 is 15.6 Å². The van der Waals surface area contributed by atoms with Crippen LogP contribution in [-0.2, 0) is 4.74 Å². The SMILES string of the molecule is COC(C)C(N)CO. The van der Waals surface area contributed by atoms with E-state index in [1.807, 2.05) is 6.92 Å². The smallest absolute Gasteiger partial charge is 0.0716 e. The quantitative estimate of drug-likeness (QED) is 0.518. The lowest BCUT2D eigenvalue weighted by atomic mass is 10.2. The Kier molecular flexibility index (Phi) is 3.77. The molecule has 0 aromatic carbocycles. The molecular weight excluding hydrogens is 106 g/mol. The molecule has 0 saturated heterocycles. The van der Waals surface area contributed by atoms with Gasteiger partial charge in [-0.05, 0) is 6.92 Å². The van der Waals surface area contributed by atoms with Gasteiger partial charge in [0.05, 0.1) is 18.8 Å². The van der Waals surface area contributed by atoms with Crippen LogP contribution in [0.3, 0.4) is 0 Å². The van der Waals surface area contributed by atoms with Crippen LogP contribution in [0.15, 0.2) is 0 Å². The molecule has 3 nitrogen and oxygen atoms in total. The molecule has 0 aromatic heterocycles. The maximum absolute atomic E-state index is 8.43. The summed E-state index contributed by atoms with van der Waals surface area (Å²) in [5.74, 6) is 0. The summed E-state index contributed by atoms with van der Waals surface area (Å²) in [4.78, 5) is 0. The van der Waals surface area contributed by atoms with Gasteiger partial charge in [-0.15, -0.1) is 0 Å². The Labute approximate surface area is 49.4 Å². The predicted molar refractivity (Wildman–Crippen MR) is 31.5 cm³/mol. The van der Waals surface area contributed by atoms with Crippen LogP contribution in [0.5, 0.6) is 0 Å². The first kappa shape index (κ1) is 7.88. The minimum Gasteiger partial charge on any atom is -0.395 e. The summed E-state index contributed by atoms with van der Waals surface area (Å²) >= 11 is 0. The summed E-state index contributed by atoms with van der Waals surface area (Å²) in [7, 11) is 1.57. The second kappa shape index (κ2) is 3.83. The molecule has 2 atom stereocenters. The first-order valence-electron chi connectivity index (χ1n) is 2.61. The molecule has 0 spiro atoms. The van der Waals surface area contributed by atoms with Crippen LogP contribution in [0.1, 0.15) is 6.92 Å². The lowest BCUT2D eigenvalue weighted by Crippen LogP contribution is -2.36. The monoisotopic (exact) mass is 119 g/mol. The van der Waals surface area contributed by atoms with Crippen molar-refractivity contribution < 1.29 is 9.84 Å². The fraction of sp³-hybridized carbons (Fsp3) is 1.00. The van der Waals surface area contributed by atoms with Crippen LogP contribution in [0.4, 0.5) is 0 Å². The van der Waals surface area contributed by atoms with E-state index in [0.29, 0.717) is 0 Å². The number of methoxy groups -OCH3 is 1. The molecule has 3 heteroatoms. The van der Waals surface area contributed by atoms with E-state index >= 15 is 0 Å². The highest BCUT2D eigenvalue weighted by Crippen LogP contribution is 1.90. The molecule has 50 valence electrons. The fourth-order valence-corrected chi connectivity index (χ4v) is 0.323. The molecule has 0 amide bonds. The van der Waals surface area contributed by atoms with Gasteiger partial charge in [0.25, 0.3) is 0 Å². The van der Waals surface area contributed by atoms with E-state index in [2.05, 4.69) is 0 Å². The largest absolute Gasteiger partial charge is 0.395 e. The second-order valence-corrected chi connectivity index (χ2v) is 1.79. The molecule has 0 aliphatic carbocycles. The minimum absolute atomic E-state index is 0.0188. The van der Waals surface area contributed by atoms with Crippen molar-refractivity contribution in [2.45, 2.75) is 19.1 Å². The Balaban J connectivity index is 3.29. The molecule has 0 saturated carbocycles. The topological polar surface area (TPSA) is 55.5 Å². The zero-order valence-corrected chi connectivity index (χ0v) is 5.29. The minimum atomic E-state index is -0.250. The van der Waals surface area contributed by atoms with Crippen LogP contribution in [0.2, 0.25) is 0 Å². The first-order chi connectivity index (χ1) is 3.72. The van der Waals surface area contributed by atoms with Crippen LogP contribution in [0.25, 0.3) is 0 Å². The van der Waals surface area contributed by atoms with Gasteiger partial charge in [-0.3, -0.25) is 0 Å². The standard InChI is InChI=1S/C5H13NO2/c1-4(8-2)5(6)3-7/h4-5,7H,3,6H2,1-2H3. The average Bonchev–Trinajstić information content (AvgIpc) is 1.84. The fourth-order valence-electron chi connectivity index (χ4n) is 0.323. The Morgan fingerprint density at radius 1 is 1.75 bits per heavy atom. The van der Waals surface area contributed by atoms with Gasteiger partial charge >= 0.3 is 0 Å². The first-order valence-corrected chi connectivity index (χ1v) is 2.61. The van der Waals surface area contributed by atoms with Crippen molar-refractivity contribution in [2.24, 2.45) is 5.73 Å². The highest BCUT2D eigenvalue weighted by molar-refractivity contribution is 4.65. The summed E-state index contributed by atoms with van der Waals surface area (Å²) < 4.78 is 4.82. The highest BCUT2D eigenvalue weighted by atomic mass is 16.5. The summed E-state index contributed by atoms with van der Waals surface area (Å²) in [6, 6.07) is -0.250. The third-order valence-corrected chi connectivity index (χ3v) is 1.19. The van der Waals surface area contributed by atoms with Crippen LogP contribution in [0, 0.1) is 0 Å². The lowest BCUT2D eigenvalue weighted by molar-refractivity contribution is 0.0731. The van der Waals surface area contributed by atoms with E-state index in [9.17, 15) is 0 Å². The van der Waals surface area contributed by atoms with Crippen molar-refractivity contribution in [1.82, 2.24) is 0 Å². The maximum Gasteiger partial charge on any atom is 0.0716 e. The number of aliphatic hydroxyl groups excluding tert-OH is 1. The molecule has 0 heterocycles. The van der Waals surface area contributed by atoms with Crippen LogP contribution >= 0.6 is 0 Å². The molecule has 0 aliphatic heterocycles. The zero-order chi connectivity index (χ0) is 6.57. The Hall–Kier alpha value is -0.120. The number of hydrogen-bond donors (Lipinski definition) is 2. The normalized spacial score (nSPS) is 18.0. The van der Waals surface area contributed by atoms with Crippen LogP contribution < -0.4 is 5.73 Å². The van der Waals surface area contributed by atoms with Crippen molar-refractivity contribution >= 4 is 0 Å². The van der Waals surface area contributed by atoms with Crippen LogP contribution in [-0.4, -0.2) is 31.0 Å². The van der Waals surface area contributed by atoms with Gasteiger partial charge in [0.15, 0.2) is 0 Å². The van der Waals surface area contributed by atoms with Gasteiger partial charge in [0, 0.05) is 7.11 Å². The van der Waals surface area contributed by atoms with Crippen molar-refractivity contribution in [3.8, 4) is 0 Å². The van der Waals surface area contributed by atoms with E-state index < -0.39 is 0 Å². The Bertz CT molecular complexity index is 50.4. The van der Waals surface area contributed by atoms with Gasteiger partial charge in [-0.25, -0.2) is 0 Å². The van der Waals surface area contributed by atoms with E-state index in [1.165, 1.54) is 0 Å². The van der Waals surface area contributed by atoms with E-state index in [4.69, 9.17) is 15.6 Å². The number of hydrogen-bond acceptors (Lipinski definition) is 3. The van der Waals surface area contributed by atoms with Gasteiger partial charge in [0.1, 0.15) is 0 Å². The van der Waals surface area contributed by atoms with Gasteiger partial charge in [-0.1, -0.05) is 0 Å². The molecule has 8 heavy (non-hydrogen) atoms. The predicted octanol–water partition coefficient (Wildman–Crippen LogP) is -0.659. The van der Waals surface area contributed by atoms with Crippen molar-refractivity contribution in [1.29, 1.82) is 0 Å². The Morgan fingerprint density at radius 3 is 2.38 bits per heavy atom. The van der Waals surface area contributed by atoms with E-state index in [1.54, 1.807) is 7.11 Å². The summed E-state index contributed by atoms with van der Waals surface area (Å²) in [6.07, 6.45) is -0.0556. The molecule has 3 N–H and O–H groups in total. The zero-order valence-electron chi connectivity index (χ0n) is 5.29.